The van der Waals surface area contributed by atoms with Crippen molar-refractivity contribution < 1.29 is 4.79 Å². The van der Waals surface area contributed by atoms with Crippen molar-refractivity contribution in [3.8, 4) is 0 Å². The van der Waals surface area contributed by atoms with Gasteiger partial charge in [-0.15, -0.1) is 0 Å². The molecule has 3 nitrogen and oxygen atoms in total. The maximum atomic E-state index is 11.2. The van der Waals surface area contributed by atoms with Crippen LogP contribution in [0.25, 0.3) is 0 Å². The molecule has 0 saturated carbocycles. The first-order chi connectivity index (χ1) is 7.79. The quantitative estimate of drug-likeness (QED) is 0.763. The van der Waals surface area contributed by atoms with E-state index in [2.05, 4.69) is 23.6 Å². The highest BCUT2D eigenvalue weighted by molar-refractivity contribution is 5.94. The van der Waals surface area contributed by atoms with E-state index in [1.54, 1.807) is 0 Å². The summed E-state index contributed by atoms with van der Waals surface area (Å²) < 4.78 is 0. The topological polar surface area (TPSA) is 41.1 Å². The van der Waals surface area contributed by atoms with Crippen molar-refractivity contribution in [2.24, 2.45) is 0 Å². The van der Waals surface area contributed by atoms with E-state index in [1.165, 1.54) is 18.4 Å². The molecule has 1 heterocycles. The molecular weight excluding hydrogens is 200 g/mol. The molecular formula is C13H18N2O. The summed E-state index contributed by atoms with van der Waals surface area (Å²) in [6.45, 7) is 3.20. The predicted molar refractivity (Wildman–Crippen MR) is 66.8 cm³/mol. The zero-order chi connectivity index (χ0) is 11.4. The summed E-state index contributed by atoms with van der Waals surface area (Å²) in [5.74, 6) is 0.124. The number of anilines is 2. The Labute approximate surface area is 96.2 Å². The number of aryl methyl sites for hydroxylation is 1. The average molecular weight is 218 g/mol. The van der Waals surface area contributed by atoms with E-state index in [1.807, 2.05) is 12.1 Å². The fraction of sp³-hybridized carbons (Fsp3) is 0.462. The van der Waals surface area contributed by atoms with E-state index in [9.17, 15) is 4.79 Å². The van der Waals surface area contributed by atoms with Crippen LogP contribution in [0.3, 0.4) is 0 Å². The van der Waals surface area contributed by atoms with Crippen LogP contribution in [-0.2, 0) is 11.2 Å². The average Bonchev–Trinajstić information content (AvgIpc) is 2.29. The summed E-state index contributed by atoms with van der Waals surface area (Å²) in [6.07, 6.45) is 3.84. The lowest BCUT2D eigenvalue weighted by atomic mass is 10.0. The molecule has 1 aliphatic rings. The smallest absolute Gasteiger partial charge is 0.224 e. The Kier molecular flexibility index (Phi) is 3.44. The van der Waals surface area contributed by atoms with Crippen molar-refractivity contribution in [2.45, 2.75) is 32.6 Å². The number of amides is 1. The minimum Gasteiger partial charge on any atom is -0.385 e. The highest BCUT2D eigenvalue weighted by Gasteiger charge is 2.14. The van der Waals surface area contributed by atoms with Gasteiger partial charge in [0.05, 0.1) is 0 Å². The number of benzene rings is 1. The number of carbonyl (C=O) groups excluding carboxylic acids is 1. The van der Waals surface area contributed by atoms with Gasteiger partial charge >= 0.3 is 0 Å². The fourth-order valence-electron chi connectivity index (χ4n) is 1.90. The van der Waals surface area contributed by atoms with E-state index in [0.29, 0.717) is 6.42 Å². The molecule has 0 fully saturated rings. The third-order valence-corrected chi connectivity index (χ3v) is 2.86. The zero-order valence-electron chi connectivity index (χ0n) is 9.68. The zero-order valence-corrected chi connectivity index (χ0v) is 9.68. The maximum Gasteiger partial charge on any atom is 0.224 e. The van der Waals surface area contributed by atoms with Gasteiger partial charge in [0.25, 0.3) is 0 Å². The van der Waals surface area contributed by atoms with E-state index in [0.717, 1.165) is 24.3 Å². The van der Waals surface area contributed by atoms with Gasteiger partial charge in [-0.1, -0.05) is 13.3 Å². The van der Waals surface area contributed by atoms with Crippen LogP contribution in [-0.4, -0.2) is 12.5 Å². The first-order valence-electron chi connectivity index (χ1n) is 5.96. The second-order valence-corrected chi connectivity index (χ2v) is 4.20. The molecule has 0 aliphatic carbocycles. The van der Waals surface area contributed by atoms with Crippen LogP contribution in [0.1, 0.15) is 31.7 Å². The van der Waals surface area contributed by atoms with Crippen LogP contribution in [0.4, 0.5) is 11.4 Å². The highest BCUT2D eigenvalue weighted by atomic mass is 16.1. The summed E-state index contributed by atoms with van der Waals surface area (Å²) in [7, 11) is 0. The van der Waals surface area contributed by atoms with E-state index < -0.39 is 0 Å². The molecule has 0 spiro atoms. The fourth-order valence-corrected chi connectivity index (χ4v) is 1.90. The molecule has 2 rings (SSSR count). The van der Waals surface area contributed by atoms with Gasteiger partial charge < -0.3 is 10.6 Å². The van der Waals surface area contributed by atoms with Crippen LogP contribution in [0.5, 0.6) is 0 Å². The molecule has 1 aliphatic heterocycles. The van der Waals surface area contributed by atoms with Crippen LogP contribution in [0, 0.1) is 0 Å². The Morgan fingerprint density at radius 3 is 3.06 bits per heavy atom. The molecule has 0 bridgehead atoms. The van der Waals surface area contributed by atoms with Crippen molar-refractivity contribution in [1.82, 2.24) is 0 Å². The minimum absolute atomic E-state index is 0.124. The molecule has 0 atom stereocenters. The lowest BCUT2D eigenvalue weighted by Gasteiger charge is -2.18. The number of carbonyl (C=O) groups is 1. The molecule has 16 heavy (non-hydrogen) atoms. The van der Waals surface area contributed by atoms with Crippen LogP contribution < -0.4 is 10.6 Å². The van der Waals surface area contributed by atoms with Gasteiger partial charge in [-0.2, -0.15) is 0 Å². The number of hydrogen-bond donors (Lipinski definition) is 2. The molecule has 1 aromatic carbocycles. The largest absolute Gasteiger partial charge is 0.385 e. The second kappa shape index (κ2) is 5.01. The monoisotopic (exact) mass is 218 g/mol. The summed E-state index contributed by atoms with van der Waals surface area (Å²) in [6, 6.07) is 6.16. The van der Waals surface area contributed by atoms with Gasteiger partial charge in [0, 0.05) is 24.3 Å². The van der Waals surface area contributed by atoms with Crippen LogP contribution in [0.15, 0.2) is 18.2 Å². The summed E-state index contributed by atoms with van der Waals surface area (Å²) in [5, 5.41) is 6.28. The minimum atomic E-state index is 0.124. The third kappa shape index (κ3) is 2.54. The van der Waals surface area contributed by atoms with Crippen LogP contribution >= 0.6 is 0 Å². The number of fused-ring (bicyclic) bond motifs is 1. The van der Waals surface area contributed by atoms with Gasteiger partial charge in [-0.05, 0) is 36.6 Å². The summed E-state index contributed by atoms with van der Waals surface area (Å²) in [5.41, 5.74) is 3.36. The van der Waals surface area contributed by atoms with E-state index >= 15 is 0 Å². The van der Waals surface area contributed by atoms with E-state index in [-0.39, 0.29) is 5.91 Å². The van der Waals surface area contributed by atoms with Crippen molar-refractivity contribution in [1.29, 1.82) is 0 Å². The van der Waals surface area contributed by atoms with Gasteiger partial charge in [-0.25, -0.2) is 0 Å². The Hall–Kier alpha value is -1.51. The first kappa shape index (κ1) is 11.0. The summed E-state index contributed by atoms with van der Waals surface area (Å²) >= 11 is 0. The predicted octanol–water partition coefficient (Wildman–Crippen LogP) is 2.78. The third-order valence-electron chi connectivity index (χ3n) is 2.86. The Morgan fingerprint density at radius 1 is 1.38 bits per heavy atom. The maximum absolute atomic E-state index is 11.2. The number of hydrogen-bond acceptors (Lipinski definition) is 2. The molecule has 1 amide bonds. The molecule has 86 valence electrons. The standard InChI is InChI=1S/C13H18N2O/c1-2-3-8-14-11-5-6-12-10(9-11)4-7-13(16)15-12/h5-6,9,14H,2-4,7-8H2,1H3,(H,15,16). The lowest BCUT2D eigenvalue weighted by molar-refractivity contribution is -0.116. The second-order valence-electron chi connectivity index (χ2n) is 4.20. The Balaban J connectivity index is 2.04. The van der Waals surface area contributed by atoms with E-state index in [4.69, 9.17) is 0 Å². The van der Waals surface area contributed by atoms with Crippen molar-refractivity contribution in [3.05, 3.63) is 23.8 Å². The van der Waals surface area contributed by atoms with Crippen molar-refractivity contribution in [3.63, 3.8) is 0 Å². The van der Waals surface area contributed by atoms with Gasteiger partial charge in [0.15, 0.2) is 0 Å². The van der Waals surface area contributed by atoms with Gasteiger partial charge in [0.1, 0.15) is 0 Å². The number of unbranched alkanes of at least 4 members (excludes halogenated alkanes) is 1. The van der Waals surface area contributed by atoms with Crippen molar-refractivity contribution >= 4 is 17.3 Å². The molecule has 2 N–H and O–H groups in total. The first-order valence-corrected chi connectivity index (χ1v) is 5.96. The molecule has 1 aromatic rings. The Bertz CT molecular complexity index is 388. The Morgan fingerprint density at radius 2 is 2.25 bits per heavy atom. The van der Waals surface area contributed by atoms with Crippen molar-refractivity contribution in [2.75, 3.05) is 17.2 Å². The number of nitrogens with one attached hydrogen (secondary N) is 2. The van der Waals surface area contributed by atoms with Crippen LogP contribution in [0.2, 0.25) is 0 Å². The molecule has 3 heteroatoms. The molecule has 0 saturated heterocycles. The molecule has 0 unspecified atom stereocenters. The summed E-state index contributed by atoms with van der Waals surface area (Å²) in [4.78, 5) is 11.2. The van der Waals surface area contributed by atoms with Gasteiger partial charge in [-0.3, -0.25) is 4.79 Å². The van der Waals surface area contributed by atoms with Gasteiger partial charge in [0.2, 0.25) is 5.91 Å². The molecule has 0 radical (unpaired) electrons. The highest BCUT2D eigenvalue weighted by Crippen LogP contribution is 2.25. The SMILES string of the molecule is CCCCNc1ccc2c(c1)CCC(=O)N2. The lowest BCUT2D eigenvalue weighted by Crippen LogP contribution is -2.19. The molecule has 0 aromatic heterocycles. The normalized spacial score (nSPS) is 14.2. The number of rotatable bonds is 4.